The summed E-state index contributed by atoms with van der Waals surface area (Å²) in [5.41, 5.74) is 1.03. The maximum absolute atomic E-state index is 4.83. The predicted molar refractivity (Wildman–Crippen MR) is 102 cm³/mol. The van der Waals surface area contributed by atoms with Crippen molar-refractivity contribution in [1.82, 2.24) is 19.9 Å². The molecule has 0 N–H and O–H groups in total. The monoisotopic (exact) mass is 403 g/mol. The van der Waals surface area contributed by atoms with Gasteiger partial charge in [0, 0.05) is 63.4 Å². The van der Waals surface area contributed by atoms with Crippen LogP contribution < -0.4 is 14.7 Å². The van der Waals surface area contributed by atoms with Gasteiger partial charge in [-0.3, -0.25) is 0 Å². The van der Waals surface area contributed by atoms with E-state index in [1.807, 2.05) is 0 Å². The number of rotatable bonds is 3. The highest BCUT2D eigenvalue weighted by atomic mass is 79.9. The minimum absolute atomic E-state index is 0.783. The second-order valence-corrected chi connectivity index (χ2v) is 7.45. The lowest BCUT2D eigenvalue weighted by molar-refractivity contribution is 0.626. The second kappa shape index (κ2) is 7.11. The minimum atomic E-state index is 0.783. The summed E-state index contributed by atoms with van der Waals surface area (Å²) in [4.78, 5) is 25.1. The number of aromatic nitrogens is 4. The van der Waals surface area contributed by atoms with Crippen LogP contribution in [0.5, 0.6) is 0 Å². The van der Waals surface area contributed by atoms with Crippen molar-refractivity contribution in [2.45, 2.75) is 19.8 Å². The molecule has 2 aliphatic heterocycles. The van der Waals surface area contributed by atoms with Crippen molar-refractivity contribution >= 4 is 33.6 Å². The van der Waals surface area contributed by atoms with E-state index < -0.39 is 0 Å². The average molecular weight is 404 g/mol. The van der Waals surface area contributed by atoms with E-state index in [1.165, 1.54) is 12.8 Å². The van der Waals surface area contributed by atoms with E-state index in [9.17, 15) is 0 Å². The average Bonchev–Trinajstić information content (AvgIpc) is 3.17. The molecule has 4 heterocycles. The number of aryl methyl sites for hydroxylation is 1. The summed E-state index contributed by atoms with van der Waals surface area (Å²) in [5, 5.41) is 0. The number of nitrogens with zero attached hydrogens (tertiary/aromatic N) is 7. The minimum Gasteiger partial charge on any atom is -0.356 e. The van der Waals surface area contributed by atoms with Gasteiger partial charge in [-0.05, 0) is 35.7 Å². The zero-order valence-corrected chi connectivity index (χ0v) is 16.0. The molecule has 2 saturated heterocycles. The van der Waals surface area contributed by atoms with Crippen molar-refractivity contribution in [2.75, 3.05) is 54.0 Å². The van der Waals surface area contributed by atoms with Gasteiger partial charge < -0.3 is 14.7 Å². The van der Waals surface area contributed by atoms with E-state index in [2.05, 4.69) is 58.6 Å². The van der Waals surface area contributed by atoms with Crippen LogP contribution >= 0.6 is 15.9 Å². The molecule has 8 heteroatoms. The van der Waals surface area contributed by atoms with Gasteiger partial charge in [-0.15, -0.1) is 0 Å². The van der Waals surface area contributed by atoms with Gasteiger partial charge >= 0.3 is 0 Å². The molecule has 132 valence electrons. The zero-order chi connectivity index (χ0) is 17.2. The normalized spacial score (nSPS) is 18.1. The molecule has 2 aromatic rings. The van der Waals surface area contributed by atoms with E-state index in [0.29, 0.717) is 0 Å². The first-order valence-corrected chi connectivity index (χ1v) is 9.56. The molecule has 2 aliphatic rings. The maximum Gasteiger partial charge on any atom is 0.227 e. The topological polar surface area (TPSA) is 61.3 Å². The highest BCUT2D eigenvalue weighted by Crippen LogP contribution is 2.22. The second-order valence-electron chi connectivity index (χ2n) is 6.54. The Morgan fingerprint density at radius 3 is 2.04 bits per heavy atom. The Morgan fingerprint density at radius 1 is 0.800 bits per heavy atom. The Bertz CT molecular complexity index is 722. The summed E-state index contributed by atoms with van der Waals surface area (Å²) < 4.78 is 0.900. The van der Waals surface area contributed by atoms with Gasteiger partial charge in [0.05, 0.1) is 4.47 Å². The lowest BCUT2D eigenvalue weighted by Gasteiger charge is -2.35. The summed E-state index contributed by atoms with van der Waals surface area (Å²) in [6, 6.07) is 2.10. The fourth-order valence-electron chi connectivity index (χ4n) is 3.36. The van der Waals surface area contributed by atoms with Crippen molar-refractivity contribution in [3.8, 4) is 0 Å². The van der Waals surface area contributed by atoms with Crippen molar-refractivity contribution < 1.29 is 0 Å². The zero-order valence-electron chi connectivity index (χ0n) is 14.4. The van der Waals surface area contributed by atoms with Gasteiger partial charge in [0.1, 0.15) is 5.82 Å². The van der Waals surface area contributed by atoms with Crippen LogP contribution in [0.1, 0.15) is 18.5 Å². The SMILES string of the molecule is Cc1cc(N2CCCC2)nc(N2CCN(c3ncc(Br)cn3)CC2)n1. The van der Waals surface area contributed by atoms with Crippen LogP contribution in [0.4, 0.5) is 17.7 Å². The Hall–Kier alpha value is -1.96. The van der Waals surface area contributed by atoms with Crippen LogP contribution in [0.2, 0.25) is 0 Å². The number of piperazine rings is 1. The summed E-state index contributed by atoms with van der Waals surface area (Å²) in [6.07, 6.45) is 6.09. The van der Waals surface area contributed by atoms with E-state index in [4.69, 9.17) is 4.98 Å². The molecule has 2 fully saturated rings. The maximum atomic E-state index is 4.83. The van der Waals surface area contributed by atoms with Gasteiger partial charge in [0.25, 0.3) is 0 Å². The van der Waals surface area contributed by atoms with Gasteiger partial charge in [-0.1, -0.05) is 0 Å². The molecule has 0 amide bonds. The fourth-order valence-corrected chi connectivity index (χ4v) is 3.57. The molecule has 0 aliphatic carbocycles. The first-order valence-electron chi connectivity index (χ1n) is 8.77. The van der Waals surface area contributed by atoms with E-state index >= 15 is 0 Å². The smallest absolute Gasteiger partial charge is 0.227 e. The molecular formula is C17H22BrN7. The van der Waals surface area contributed by atoms with Crippen LogP contribution in [-0.2, 0) is 0 Å². The molecule has 0 bridgehead atoms. The third-order valence-electron chi connectivity index (χ3n) is 4.71. The van der Waals surface area contributed by atoms with Crippen LogP contribution in [-0.4, -0.2) is 59.2 Å². The van der Waals surface area contributed by atoms with Gasteiger partial charge in [0.15, 0.2) is 0 Å². The van der Waals surface area contributed by atoms with Crippen molar-refractivity contribution in [3.63, 3.8) is 0 Å². The number of hydrogen-bond donors (Lipinski definition) is 0. The Morgan fingerprint density at radius 2 is 1.40 bits per heavy atom. The Kier molecular flexibility index (Phi) is 4.70. The molecule has 0 aromatic carbocycles. The molecule has 25 heavy (non-hydrogen) atoms. The number of halogens is 1. The predicted octanol–water partition coefficient (Wildman–Crippen LogP) is 2.26. The highest BCUT2D eigenvalue weighted by molar-refractivity contribution is 9.10. The van der Waals surface area contributed by atoms with Crippen LogP contribution in [0, 0.1) is 6.92 Å². The Balaban J connectivity index is 1.46. The van der Waals surface area contributed by atoms with Crippen molar-refractivity contribution in [3.05, 3.63) is 28.6 Å². The third-order valence-corrected chi connectivity index (χ3v) is 5.12. The molecular weight excluding hydrogens is 382 g/mol. The van der Waals surface area contributed by atoms with Crippen LogP contribution in [0.25, 0.3) is 0 Å². The molecule has 4 rings (SSSR count). The van der Waals surface area contributed by atoms with E-state index in [1.54, 1.807) is 12.4 Å². The highest BCUT2D eigenvalue weighted by Gasteiger charge is 2.22. The standard InChI is InChI=1S/C17H22BrN7/c1-13-10-15(23-4-2-3-5-23)22-17(21-13)25-8-6-24(7-9-25)16-19-11-14(18)12-20-16/h10-12H,2-9H2,1H3. The molecule has 0 saturated carbocycles. The molecule has 0 radical (unpaired) electrons. The Labute approximate surface area is 156 Å². The van der Waals surface area contributed by atoms with E-state index in [0.717, 1.165) is 67.1 Å². The summed E-state index contributed by atoms with van der Waals surface area (Å²) in [7, 11) is 0. The summed E-state index contributed by atoms with van der Waals surface area (Å²) >= 11 is 3.38. The number of anilines is 3. The lowest BCUT2D eigenvalue weighted by Crippen LogP contribution is -2.47. The molecule has 7 nitrogen and oxygen atoms in total. The lowest BCUT2D eigenvalue weighted by atomic mass is 10.3. The summed E-state index contributed by atoms with van der Waals surface area (Å²) in [6.45, 7) is 7.76. The van der Waals surface area contributed by atoms with E-state index in [-0.39, 0.29) is 0 Å². The number of hydrogen-bond acceptors (Lipinski definition) is 7. The van der Waals surface area contributed by atoms with Crippen LogP contribution in [0.3, 0.4) is 0 Å². The molecule has 0 unspecified atom stereocenters. The van der Waals surface area contributed by atoms with Gasteiger partial charge in [-0.25, -0.2) is 15.0 Å². The quantitative estimate of drug-likeness (QED) is 0.778. The van der Waals surface area contributed by atoms with Crippen molar-refractivity contribution in [2.24, 2.45) is 0 Å². The summed E-state index contributed by atoms with van der Waals surface area (Å²) in [5.74, 6) is 2.70. The first-order chi connectivity index (χ1) is 12.2. The van der Waals surface area contributed by atoms with Gasteiger partial charge in [-0.2, -0.15) is 4.98 Å². The molecule has 0 atom stereocenters. The fraction of sp³-hybridized carbons (Fsp3) is 0.529. The largest absolute Gasteiger partial charge is 0.356 e. The van der Waals surface area contributed by atoms with Gasteiger partial charge in [0.2, 0.25) is 11.9 Å². The molecule has 0 spiro atoms. The van der Waals surface area contributed by atoms with Crippen molar-refractivity contribution in [1.29, 1.82) is 0 Å². The molecule has 2 aromatic heterocycles. The first kappa shape index (κ1) is 16.5. The van der Waals surface area contributed by atoms with Crippen LogP contribution in [0.15, 0.2) is 22.9 Å². The third kappa shape index (κ3) is 3.68.